The summed E-state index contributed by atoms with van der Waals surface area (Å²) in [5, 5.41) is 9.49. The molecule has 0 saturated heterocycles. The van der Waals surface area contributed by atoms with E-state index in [0.29, 0.717) is 46.1 Å². The number of hydrogen-bond donors (Lipinski definition) is 0. The van der Waals surface area contributed by atoms with E-state index in [-0.39, 0.29) is 31.2 Å². The number of esters is 1. The number of carbonyl (C=O) groups excluding carboxylic acids is 2. The maximum atomic E-state index is 15.1. The molecule has 0 fully saturated rings. The first-order chi connectivity index (χ1) is 28.8. The van der Waals surface area contributed by atoms with E-state index in [9.17, 15) is 9.59 Å². The van der Waals surface area contributed by atoms with Crippen LogP contribution in [0.3, 0.4) is 0 Å². The van der Waals surface area contributed by atoms with Crippen molar-refractivity contribution in [3.05, 3.63) is 86.4 Å². The Morgan fingerprint density at radius 1 is 1.07 bits per heavy atom. The van der Waals surface area contributed by atoms with Gasteiger partial charge < -0.3 is 28.7 Å². The van der Waals surface area contributed by atoms with Crippen LogP contribution in [-0.4, -0.2) is 90.8 Å². The van der Waals surface area contributed by atoms with Crippen molar-refractivity contribution in [2.45, 2.75) is 79.6 Å². The second-order valence-corrected chi connectivity index (χ2v) is 24.1. The van der Waals surface area contributed by atoms with Crippen molar-refractivity contribution < 1.29 is 32.9 Å². The molecule has 13 nitrogen and oxygen atoms in total. The number of halogens is 1. The first kappa shape index (κ1) is 46.6. The minimum Gasteiger partial charge on any atom is -0.486 e. The lowest BCUT2D eigenvalue weighted by molar-refractivity contribution is 0.0320. The summed E-state index contributed by atoms with van der Waals surface area (Å²) >= 11 is 2.84. The van der Waals surface area contributed by atoms with Gasteiger partial charge in [0.2, 0.25) is 0 Å². The van der Waals surface area contributed by atoms with Gasteiger partial charge in [0, 0.05) is 34.3 Å². The number of rotatable bonds is 15. The van der Waals surface area contributed by atoms with Crippen LogP contribution in [0.4, 0.5) is 26.0 Å². The number of aromatic nitrogens is 4. The third kappa shape index (κ3) is 13.3. The van der Waals surface area contributed by atoms with Crippen molar-refractivity contribution in [1.29, 1.82) is 0 Å². The Morgan fingerprint density at radius 3 is 2.51 bits per heavy atom. The molecule has 324 valence electrons. The van der Waals surface area contributed by atoms with Gasteiger partial charge in [0.1, 0.15) is 18.9 Å². The Labute approximate surface area is 365 Å². The maximum absolute atomic E-state index is 15.1. The van der Waals surface area contributed by atoms with Crippen molar-refractivity contribution in [1.82, 2.24) is 24.6 Å². The van der Waals surface area contributed by atoms with E-state index < -0.39 is 31.6 Å². The third-order valence-electron chi connectivity index (χ3n) is 8.71. The summed E-state index contributed by atoms with van der Waals surface area (Å²) in [5.41, 5.74) is 2.49. The summed E-state index contributed by atoms with van der Waals surface area (Å²) in [6.07, 6.45) is 1.28. The molecule has 1 amide bonds. The SMILES string of the molecule is CCOC(=O)c1nc(N(C)c2cc(C)c(/N=c3\sc4ccccc4n3COCC[Si](C)(C)C)nn2)sc1/C=C(\C)COc1ccc(C#CCN(C)C(=O)OC(C)(C)C)cc1F. The summed E-state index contributed by atoms with van der Waals surface area (Å²) in [6.45, 7) is 19.2. The van der Waals surface area contributed by atoms with Crippen LogP contribution in [0.1, 0.15) is 61.1 Å². The zero-order valence-electron chi connectivity index (χ0n) is 36.7. The number of thiazole rings is 2. The van der Waals surface area contributed by atoms with Crippen LogP contribution < -0.4 is 14.4 Å². The number of fused-ring (bicyclic) bond motifs is 1. The average molecular weight is 888 g/mol. The molecular formula is C44H54FN7O6S2Si. The highest BCUT2D eigenvalue weighted by molar-refractivity contribution is 7.17. The molecule has 0 aliphatic heterocycles. The lowest BCUT2D eigenvalue weighted by Gasteiger charge is -2.23. The number of amides is 1. The number of carbonyl (C=O) groups is 2. The van der Waals surface area contributed by atoms with E-state index in [1.54, 1.807) is 70.2 Å². The minimum absolute atomic E-state index is 0.0357. The largest absolute Gasteiger partial charge is 0.486 e. The summed E-state index contributed by atoms with van der Waals surface area (Å²) in [5.74, 6) is 5.59. The Balaban J connectivity index is 1.30. The van der Waals surface area contributed by atoms with Gasteiger partial charge in [-0.3, -0.25) is 4.57 Å². The van der Waals surface area contributed by atoms with Gasteiger partial charge in [0.25, 0.3) is 0 Å². The van der Waals surface area contributed by atoms with E-state index >= 15 is 4.39 Å². The Morgan fingerprint density at radius 2 is 1.82 bits per heavy atom. The molecule has 0 atom stereocenters. The van der Waals surface area contributed by atoms with E-state index in [2.05, 4.69) is 63.4 Å². The van der Waals surface area contributed by atoms with E-state index in [4.69, 9.17) is 23.9 Å². The highest BCUT2D eigenvalue weighted by atomic mass is 32.1. The lowest BCUT2D eigenvalue weighted by atomic mass is 10.2. The van der Waals surface area contributed by atoms with E-state index in [0.717, 1.165) is 26.6 Å². The van der Waals surface area contributed by atoms with Crippen LogP contribution in [0.5, 0.6) is 5.75 Å². The topological polar surface area (TPSA) is 134 Å². The van der Waals surface area contributed by atoms with Crippen LogP contribution in [0.2, 0.25) is 25.7 Å². The van der Waals surface area contributed by atoms with Gasteiger partial charge in [-0.15, -0.1) is 10.2 Å². The molecule has 17 heteroatoms. The van der Waals surface area contributed by atoms with Gasteiger partial charge in [-0.05, 0) is 101 Å². The number of aryl methyl sites for hydroxylation is 1. The monoisotopic (exact) mass is 887 g/mol. The number of benzene rings is 2. The van der Waals surface area contributed by atoms with Gasteiger partial charge in [0.05, 0.1) is 28.2 Å². The summed E-state index contributed by atoms with van der Waals surface area (Å²) in [7, 11) is 2.14. The van der Waals surface area contributed by atoms with E-state index in [1.807, 2.05) is 32.0 Å². The summed E-state index contributed by atoms with van der Waals surface area (Å²) in [6, 6.07) is 15.5. The van der Waals surface area contributed by atoms with Crippen molar-refractivity contribution in [3.8, 4) is 17.6 Å². The average Bonchev–Trinajstić information content (AvgIpc) is 3.76. The van der Waals surface area contributed by atoms with Crippen LogP contribution in [0.15, 0.2) is 59.1 Å². The smallest absolute Gasteiger partial charge is 0.410 e. The lowest BCUT2D eigenvalue weighted by Crippen LogP contribution is -2.34. The van der Waals surface area contributed by atoms with Crippen LogP contribution in [0.25, 0.3) is 16.3 Å². The maximum Gasteiger partial charge on any atom is 0.410 e. The van der Waals surface area contributed by atoms with Crippen molar-refractivity contribution in [2.75, 3.05) is 45.4 Å². The van der Waals surface area contributed by atoms with Crippen molar-refractivity contribution in [3.63, 3.8) is 0 Å². The predicted octanol–water partition coefficient (Wildman–Crippen LogP) is 9.59. The molecule has 0 unspecified atom stereocenters. The molecule has 0 aliphatic rings. The first-order valence-corrected chi connectivity index (χ1v) is 25.1. The molecule has 0 saturated carbocycles. The minimum atomic E-state index is -1.24. The van der Waals surface area contributed by atoms with Gasteiger partial charge in [0.15, 0.2) is 38.8 Å². The third-order valence-corrected chi connectivity index (χ3v) is 12.6. The van der Waals surface area contributed by atoms with E-state index in [1.165, 1.54) is 28.4 Å². The zero-order valence-corrected chi connectivity index (χ0v) is 39.3. The van der Waals surface area contributed by atoms with Gasteiger partial charge in [-0.25, -0.2) is 19.0 Å². The summed E-state index contributed by atoms with van der Waals surface area (Å²) in [4.78, 5) is 39.2. The van der Waals surface area contributed by atoms with Crippen molar-refractivity contribution >= 4 is 75.9 Å². The number of ether oxygens (including phenoxy) is 4. The standard InChI is InChI=1S/C44H54FN7O6S2Si/c1-12-56-40(53)38-36(24-29(2)27-57-34-20-19-31(26-32(34)45)16-15-21-50(7)43(54)58-44(4,5)6)60-41(46-38)51(8)37-25-30(3)39(49-48-37)47-42-52(28-55-22-23-61(9,10)11)33-17-13-14-18-35(33)59-42/h13-14,17-20,24-26H,12,21-23,27-28H2,1-11H3/b29-24+,47-42-. The fourth-order valence-electron chi connectivity index (χ4n) is 5.42. The molecule has 3 aromatic heterocycles. The molecule has 61 heavy (non-hydrogen) atoms. The Kier molecular flexibility index (Phi) is 15.6. The molecular weight excluding hydrogens is 834 g/mol. The molecule has 0 aliphatic carbocycles. The summed E-state index contributed by atoms with van der Waals surface area (Å²) < 4.78 is 40.8. The molecule has 0 spiro atoms. The molecule has 3 heterocycles. The molecule has 0 N–H and O–H groups in total. The fraction of sp³-hybridized carbons (Fsp3) is 0.409. The van der Waals surface area contributed by atoms with Crippen molar-refractivity contribution in [2.24, 2.45) is 4.99 Å². The number of anilines is 2. The molecule has 0 radical (unpaired) electrons. The molecule has 0 bridgehead atoms. The van der Waals surface area contributed by atoms with Gasteiger partial charge in [-0.1, -0.05) is 66.3 Å². The Hall–Kier alpha value is -5.41. The fourth-order valence-corrected chi connectivity index (χ4v) is 8.24. The van der Waals surface area contributed by atoms with Crippen LogP contribution >= 0.6 is 22.7 Å². The number of nitrogens with zero attached hydrogens (tertiary/aromatic N) is 7. The second-order valence-electron chi connectivity index (χ2n) is 16.5. The highest BCUT2D eigenvalue weighted by Crippen LogP contribution is 2.33. The normalized spacial score (nSPS) is 12.3. The Bertz CT molecular complexity index is 2530. The van der Waals surface area contributed by atoms with Crippen LogP contribution in [0, 0.1) is 24.6 Å². The zero-order chi connectivity index (χ0) is 44.5. The quantitative estimate of drug-likeness (QED) is 0.0433. The molecule has 2 aromatic carbocycles. The first-order valence-electron chi connectivity index (χ1n) is 19.8. The molecule has 5 rings (SSSR count). The second kappa shape index (κ2) is 20.4. The number of para-hydroxylation sites is 1. The van der Waals surface area contributed by atoms with Gasteiger partial charge in [-0.2, -0.15) is 4.99 Å². The highest BCUT2D eigenvalue weighted by Gasteiger charge is 2.23. The number of hydrogen-bond acceptors (Lipinski definition) is 13. The molecule has 5 aromatic rings. The van der Waals surface area contributed by atoms with Gasteiger partial charge >= 0.3 is 12.1 Å². The predicted molar refractivity (Wildman–Crippen MR) is 243 cm³/mol. The van der Waals surface area contributed by atoms with Crippen LogP contribution in [-0.2, 0) is 20.9 Å².